The van der Waals surface area contributed by atoms with Gasteiger partial charge in [-0.05, 0) is 31.6 Å². The summed E-state index contributed by atoms with van der Waals surface area (Å²) in [5.74, 6) is 0.886. The summed E-state index contributed by atoms with van der Waals surface area (Å²) in [5, 5.41) is 0. The van der Waals surface area contributed by atoms with Gasteiger partial charge in [0, 0.05) is 5.92 Å². The Morgan fingerprint density at radius 3 is 2.36 bits per heavy atom. The van der Waals surface area contributed by atoms with Crippen molar-refractivity contribution < 1.29 is 4.79 Å². The lowest BCUT2D eigenvalue weighted by Crippen LogP contribution is -2.11. The summed E-state index contributed by atoms with van der Waals surface area (Å²) in [5.41, 5.74) is 0. The van der Waals surface area contributed by atoms with E-state index in [0.717, 1.165) is 19.1 Å². The molecule has 0 saturated heterocycles. The number of carbonyl (C=O) groups is 1. The Balaban J connectivity index is 2.39. The molecular weight excluding hydrogens is 136 g/mol. The highest BCUT2D eigenvalue weighted by Crippen LogP contribution is 2.24. The van der Waals surface area contributed by atoms with E-state index >= 15 is 0 Å². The van der Waals surface area contributed by atoms with Crippen LogP contribution >= 0.6 is 0 Å². The van der Waals surface area contributed by atoms with E-state index in [-0.39, 0.29) is 5.92 Å². The van der Waals surface area contributed by atoms with Gasteiger partial charge in [0.15, 0.2) is 0 Å². The molecule has 1 rings (SSSR count). The molecule has 0 aromatic carbocycles. The zero-order valence-electron chi connectivity index (χ0n) is 7.12. The van der Waals surface area contributed by atoms with Crippen molar-refractivity contribution in [3.8, 4) is 0 Å². The molecule has 0 heterocycles. The second-order valence-corrected chi connectivity index (χ2v) is 3.38. The molecule has 62 valence electrons. The highest BCUT2D eigenvalue weighted by atomic mass is 16.1. The minimum Gasteiger partial charge on any atom is -0.303 e. The molecule has 0 radical (unpaired) electrons. The van der Waals surface area contributed by atoms with E-state index in [0.29, 0.717) is 5.92 Å². The summed E-state index contributed by atoms with van der Waals surface area (Å²) in [6.45, 7) is 2.03. The van der Waals surface area contributed by atoms with Crippen molar-refractivity contribution in [3.63, 3.8) is 0 Å². The second-order valence-electron chi connectivity index (χ2n) is 3.38. The van der Waals surface area contributed by atoms with E-state index in [4.69, 9.17) is 0 Å². The number of aldehydes is 1. The van der Waals surface area contributed by atoms with Crippen LogP contribution in [0.4, 0.5) is 0 Å². The van der Waals surface area contributed by atoms with E-state index < -0.39 is 0 Å². The van der Waals surface area contributed by atoms with Crippen LogP contribution in [0.1, 0.15) is 32.6 Å². The predicted octanol–water partition coefficient (Wildman–Crippen LogP) is 2.57. The molecule has 0 saturated carbocycles. The van der Waals surface area contributed by atoms with Crippen molar-refractivity contribution in [1.82, 2.24) is 0 Å². The number of hydrogen-bond donors (Lipinski definition) is 0. The first kappa shape index (κ1) is 8.51. The van der Waals surface area contributed by atoms with Crippen LogP contribution in [-0.4, -0.2) is 6.29 Å². The second kappa shape index (κ2) is 4.32. The van der Waals surface area contributed by atoms with Crippen LogP contribution in [0.2, 0.25) is 0 Å². The molecule has 0 spiro atoms. The van der Waals surface area contributed by atoms with Crippen molar-refractivity contribution in [3.05, 3.63) is 12.2 Å². The van der Waals surface area contributed by atoms with E-state index in [9.17, 15) is 4.79 Å². The minimum absolute atomic E-state index is 0.259. The zero-order valence-corrected chi connectivity index (χ0v) is 7.12. The van der Waals surface area contributed by atoms with Crippen LogP contribution in [-0.2, 0) is 4.79 Å². The normalized spacial score (nSPS) is 22.6. The largest absolute Gasteiger partial charge is 0.303 e. The summed E-state index contributed by atoms with van der Waals surface area (Å²) < 4.78 is 0. The Morgan fingerprint density at radius 2 is 1.91 bits per heavy atom. The Bertz CT molecular complexity index is 139. The third-order valence-electron chi connectivity index (χ3n) is 2.53. The summed E-state index contributed by atoms with van der Waals surface area (Å²) in [4.78, 5) is 10.5. The smallest absolute Gasteiger partial charge is 0.123 e. The molecule has 1 aliphatic rings. The van der Waals surface area contributed by atoms with Crippen LogP contribution < -0.4 is 0 Å². The molecule has 0 fully saturated rings. The quantitative estimate of drug-likeness (QED) is 0.439. The number of allylic oxidation sites excluding steroid dienone is 2. The van der Waals surface area contributed by atoms with Crippen LogP contribution in [0.15, 0.2) is 12.2 Å². The van der Waals surface area contributed by atoms with Gasteiger partial charge >= 0.3 is 0 Å². The SMILES string of the molecule is CC(C=O)C1CCC=CCC1. The molecule has 0 aliphatic heterocycles. The summed E-state index contributed by atoms with van der Waals surface area (Å²) in [7, 11) is 0. The van der Waals surface area contributed by atoms with Gasteiger partial charge in [-0.3, -0.25) is 0 Å². The molecule has 1 heteroatoms. The molecule has 0 bridgehead atoms. The summed E-state index contributed by atoms with van der Waals surface area (Å²) >= 11 is 0. The molecule has 0 aromatic rings. The van der Waals surface area contributed by atoms with Gasteiger partial charge in [-0.1, -0.05) is 19.1 Å². The van der Waals surface area contributed by atoms with E-state index in [1.54, 1.807) is 0 Å². The molecule has 11 heavy (non-hydrogen) atoms. The van der Waals surface area contributed by atoms with Crippen molar-refractivity contribution in [1.29, 1.82) is 0 Å². The highest BCUT2D eigenvalue weighted by molar-refractivity contribution is 5.53. The first-order valence-corrected chi connectivity index (χ1v) is 4.45. The Labute approximate surface area is 68.5 Å². The highest BCUT2D eigenvalue weighted by Gasteiger charge is 2.15. The van der Waals surface area contributed by atoms with Gasteiger partial charge in [0.1, 0.15) is 6.29 Å². The fraction of sp³-hybridized carbons (Fsp3) is 0.700. The number of carbonyl (C=O) groups excluding carboxylic acids is 1. The molecule has 0 aromatic heterocycles. The maximum absolute atomic E-state index is 10.5. The predicted molar refractivity (Wildman–Crippen MR) is 46.3 cm³/mol. The molecule has 0 N–H and O–H groups in total. The molecule has 1 atom stereocenters. The molecule has 1 unspecified atom stereocenters. The van der Waals surface area contributed by atoms with Gasteiger partial charge in [-0.2, -0.15) is 0 Å². The standard InChI is InChI=1S/C10H16O/c1-9(8-11)10-6-4-2-3-5-7-10/h2-3,8-10H,4-7H2,1H3. The van der Waals surface area contributed by atoms with Gasteiger partial charge in [0.25, 0.3) is 0 Å². The molecular formula is C10H16O. The van der Waals surface area contributed by atoms with Crippen LogP contribution in [0, 0.1) is 11.8 Å². The first-order valence-electron chi connectivity index (χ1n) is 4.45. The lowest BCUT2D eigenvalue weighted by Gasteiger charge is -2.16. The average Bonchev–Trinajstić information content (AvgIpc) is 2.30. The van der Waals surface area contributed by atoms with E-state index in [1.165, 1.54) is 12.8 Å². The van der Waals surface area contributed by atoms with Crippen molar-refractivity contribution >= 4 is 6.29 Å². The number of hydrogen-bond acceptors (Lipinski definition) is 1. The lowest BCUT2D eigenvalue weighted by molar-refractivity contribution is -0.112. The third kappa shape index (κ3) is 2.49. The molecule has 1 nitrogen and oxygen atoms in total. The third-order valence-corrected chi connectivity index (χ3v) is 2.53. The fourth-order valence-electron chi connectivity index (χ4n) is 1.64. The van der Waals surface area contributed by atoms with Crippen LogP contribution in [0.5, 0.6) is 0 Å². The van der Waals surface area contributed by atoms with Crippen molar-refractivity contribution in [2.24, 2.45) is 11.8 Å². The van der Waals surface area contributed by atoms with E-state index in [1.807, 2.05) is 6.92 Å². The van der Waals surface area contributed by atoms with Gasteiger partial charge in [0.2, 0.25) is 0 Å². The first-order chi connectivity index (χ1) is 5.34. The maximum Gasteiger partial charge on any atom is 0.123 e. The van der Waals surface area contributed by atoms with Crippen LogP contribution in [0.3, 0.4) is 0 Å². The van der Waals surface area contributed by atoms with E-state index in [2.05, 4.69) is 12.2 Å². The van der Waals surface area contributed by atoms with Crippen molar-refractivity contribution in [2.45, 2.75) is 32.6 Å². The fourth-order valence-corrected chi connectivity index (χ4v) is 1.64. The average molecular weight is 152 g/mol. The summed E-state index contributed by atoms with van der Waals surface area (Å²) in [6, 6.07) is 0. The van der Waals surface area contributed by atoms with Crippen molar-refractivity contribution in [2.75, 3.05) is 0 Å². The van der Waals surface area contributed by atoms with Gasteiger partial charge in [-0.15, -0.1) is 0 Å². The van der Waals surface area contributed by atoms with Gasteiger partial charge in [-0.25, -0.2) is 0 Å². The lowest BCUT2D eigenvalue weighted by atomic mass is 9.88. The Kier molecular flexibility index (Phi) is 3.34. The monoisotopic (exact) mass is 152 g/mol. The topological polar surface area (TPSA) is 17.1 Å². The molecule has 0 amide bonds. The van der Waals surface area contributed by atoms with Crippen LogP contribution in [0.25, 0.3) is 0 Å². The Morgan fingerprint density at radius 1 is 1.36 bits per heavy atom. The minimum atomic E-state index is 0.259. The van der Waals surface area contributed by atoms with Gasteiger partial charge < -0.3 is 4.79 Å². The summed E-state index contributed by atoms with van der Waals surface area (Å²) in [6.07, 6.45) is 10.3. The Hall–Kier alpha value is -0.590. The molecule has 1 aliphatic carbocycles. The maximum atomic E-state index is 10.5. The number of rotatable bonds is 2. The zero-order chi connectivity index (χ0) is 8.10. The van der Waals surface area contributed by atoms with Gasteiger partial charge in [0.05, 0.1) is 0 Å².